The molecule has 0 amide bonds. The second-order valence-corrected chi connectivity index (χ2v) is 6.86. The molecule has 0 unspecified atom stereocenters. The van der Waals surface area contributed by atoms with Crippen molar-refractivity contribution < 1.29 is 0 Å². The zero-order valence-corrected chi connectivity index (χ0v) is 15.7. The highest BCUT2D eigenvalue weighted by Crippen LogP contribution is 2.22. The highest BCUT2D eigenvalue weighted by Gasteiger charge is 2.13. The van der Waals surface area contributed by atoms with Gasteiger partial charge in [0.15, 0.2) is 0 Å². The number of aromatic nitrogens is 4. The molecular formula is C20H18ClN5O. The number of halogens is 1. The van der Waals surface area contributed by atoms with Gasteiger partial charge in [-0.15, -0.1) is 0 Å². The molecule has 0 aliphatic rings. The van der Waals surface area contributed by atoms with Crippen LogP contribution in [-0.2, 0) is 7.05 Å². The number of fused-ring (bicyclic) bond motifs is 1. The van der Waals surface area contributed by atoms with Crippen LogP contribution in [0.3, 0.4) is 0 Å². The van der Waals surface area contributed by atoms with Gasteiger partial charge in [-0.05, 0) is 49.4 Å². The fourth-order valence-electron chi connectivity index (χ4n) is 3.09. The van der Waals surface area contributed by atoms with Crippen LogP contribution in [0.2, 0.25) is 5.02 Å². The molecular weight excluding hydrogens is 362 g/mol. The highest BCUT2D eigenvalue weighted by atomic mass is 35.5. The molecule has 4 aromatic rings. The predicted molar refractivity (Wildman–Crippen MR) is 108 cm³/mol. The van der Waals surface area contributed by atoms with E-state index in [2.05, 4.69) is 20.3 Å². The predicted octanol–water partition coefficient (Wildman–Crippen LogP) is 4.15. The fourth-order valence-corrected chi connectivity index (χ4v) is 3.27. The number of benzene rings is 1. The number of hydrogen-bond donors (Lipinski definition) is 2. The zero-order valence-electron chi connectivity index (χ0n) is 14.9. The fraction of sp³-hybridized carbons (Fsp3) is 0.150. The molecule has 3 heterocycles. The molecule has 0 aliphatic heterocycles. The van der Waals surface area contributed by atoms with Gasteiger partial charge in [0.1, 0.15) is 0 Å². The molecule has 0 fully saturated rings. The van der Waals surface area contributed by atoms with E-state index >= 15 is 0 Å². The third-order valence-electron chi connectivity index (χ3n) is 4.51. The lowest BCUT2D eigenvalue weighted by Gasteiger charge is -2.15. The number of rotatable bonds is 4. The monoisotopic (exact) mass is 379 g/mol. The van der Waals surface area contributed by atoms with Crippen molar-refractivity contribution in [3.8, 4) is 11.4 Å². The maximum atomic E-state index is 12.5. The van der Waals surface area contributed by atoms with Crippen LogP contribution in [0, 0.1) is 0 Å². The van der Waals surface area contributed by atoms with E-state index in [4.69, 9.17) is 11.6 Å². The Morgan fingerprint density at radius 3 is 2.85 bits per heavy atom. The number of nitrogens with zero attached hydrogens (tertiary/aromatic N) is 3. The first-order chi connectivity index (χ1) is 13.0. The van der Waals surface area contributed by atoms with Crippen molar-refractivity contribution in [2.24, 2.45) is 7.05 Å². The molecule has 6 nitrogen and oxygen atoms in total. The minimum Gasteiger partial charge on any atom is -0.349 e. The molecule has 0 saturated carbocycles. The van der Waals surface area contributed by atoms with Gasteiger partial charge in [0.05, 0.1) is 17.4 Å². The van der Waals surface area contributed by atoms with Crippen LogP contribution in [0.5, 0.6) is 0 Å². The van der Waals surface area contributed by atoms with Crippen molar-refractivity contribution >= 4 is 28.5 Å². The SMILES string of the molecule is C[C@H](Nc1nccc(-c2cccn2C)n1)c1cc2cc(Cl)ccc2[nH]c1=O. The smallest absolute Gasteiger partial charge is 0.253 e. The first-order valence-electron chi connectivity index (χ1n) is 8.55. The van der Waals surface area contributed by atoms with Crippen molar-refractivity contribution in [2.45, 2.75) is 13.0 Å². The Labute approximate surface area is 160 Å². The number of anilines is 1. The molecule has 27 heavy (non-hydrogen) atoms. The van der Waals surface area contributed by atoms with Gasteiger partial charge in [-0.25, -0.2) is 9.97 Å². The Morgan fingerprint density at radius 1 is 1.22 bits per heavy atom. The molecule has 0 spiro atoms. The Hall–Kier alpha value is -3.12. The van der Waals surface area contributed by atoms with Crippen LogP contribution >= 0.6 is 11.6 Å². The van der Waals surface area contributed by atoms with Crippen molar-refractivity contribution in [3.05, 3.63) is 75.8 Å². The summed E-state index contributed by atoms with van der Waals surface area (Å²) in [5, 5.41) is 4.72. The second kappa shape index (κ2) is 6.89. The average molecular weight is 380 g/mol. The van der Waals surface area contributed by atoms with E-state index in [1.54, 1.807) is 18.3 Å². The Kier molecular flexibility index (Phi) is 4.41. The zero-order chi connectivity index (χ0) is 19.0. The molecule has 1 aromatic carbocycles. The summed E-state index contributed by atoms with van der Waals surface area (Å²) < 4.78 is 1.99. The largest absolute Gasteiger partial charge is 0.349 e. The lowest BCUT2D eigenvalue weighted by molar-refractivity contribution is 0.844. The van der Waals surface area contributed by atoms with E-state index in [1.807, 2.05) is 55.1 Å². The van der Waals surface area contributed by atoms with Crippen LogP contribution in [0.1, 0.15) is 18.5 Å². The van der Waals surface area contributed by atoms with Gasteiger partial charge in [-0.2, -0.15) is 0 Å². The van der Waals surface area contributed by atoms with Gasteiger partial charge < -0.3 is 14.9 Å². The maximum absolute atomic E-state index is 12.5. The number of nitrogens with one attached hydrogen (secondary N) is 2. The lowest BCUT2D eigenvalue weighted by atomic mass is 10.1. The molecule has 4 rings (SSSR count). The number of aryl methyl sites for hydroxylation is 1. The van der Waals surface area contributed by atoms with Crippen LogP contribution in [0.25, 0.3) is 22.3 Å². The third-order valence-corrected chi connectivity index (χ3v) is 4.74. The molecule has 0 aliphatic carbocycles. The normalized spacial score (nSPS) is 12.3. The van der Waals surface area contributed by atoms with Gasteiger partial charge >= 0.3 is 0 Å². The summed E-state index contributed by atoms with van der Waals surface area (Å²) in [5.74, 6) is 0.465. The third kappa shape index (κ3) is 3.44. The topological polar surface area (TPSA) is 75.6 Å². The van der Waals surface area contributed by atoms with Gasteiger partial charge in [-0.1, -0.05) is 11.6 Å². The number of aromatic amines is 1. The molecule has 0 bridgehead atoms. The first kappa shape index (κ1) is 17.3. The lowest BCUT2D eigenvalue weighted by Crippen LogP contribution is -2.20. The van der Waals surface area contributed by atoms with Crippen molar-refractivity contribution in [2.75, 3.05) is 5.32 Å². The molecule has 1 atom stereocenters. The van der Waals surface area contributed by atoms with E-state index in [9.17, 15) is 4.79 Å². The Morgan fingerprint density at radius 2 is 2.07 bits per heavy atom. The van der Waals surface area contributed by atoms with Gasteiger partial charge in [-0.3, -0.25) is 4.79 Å². The van der Waals surface area contributed by atoms with Crippen molar-refractivity contribution in [1.82, 2.24) is 19.5 Å². The number of hydrogen-bond acceptors (Lipinski definition) is 4. The van der Waals surface area contributed by atoms with E-state index < -0.39 is 0 Å². The number of pyridine rings is 1. The summed E-state index contributed by atoms with van der Waals surface area (Å²) in [6.45, 7) is 1.90. The summed E-state index contributed by atoms with van der Waals surface area (Å²) in [7, 11) is 1.97. The van der Waals surface area contributed by atoms with Crippen molar-refractivity contribution in [1.29, 1.82) is 0 Å². The van der Waals surface area contributed by atoms with Gasteiger partial charge in [0.25, 0.3) is 5.56 Å². The minimum absolute atomic E-state index is 0.150. The van der Waals surface area contributed by atoms with E-state index in [-0.39, 0.29) is 11.6 Å². The summed E-state index contributed by atoms with van der Waals surface area (Å²) in [5.41, 5.74) is 3.00. The number of H-pyrrole nitrogens is 1. The Bertz CT molecular complexity index is 1180. The molecule has 0 radical (unpaired) electrons. The minimum atomic E-state index is -0.277. The van der Waals surface area contributed by atoms with Crippen LogP contribution in [-0.4, -0.2) is 19.5 Å². The standard InChI is InChI=1S/C20H18ClN5O/c1-12(15-11-13-10-14(21)5-6-16(13)24-19(15)27)23-20-22-8-7-17(25-20)18-4-3-9-26(18)2/h3-12H,1-2H3,(H,24,27)(H,22,23,25)/t12-/m0/s1. The van der Waals surface area contributed by atoms with Gasteiger partial charge in [0.2, 0.25) is 5.95 Å². The Balaban J connectivity index is 1.65. The van der Waals surface area contributed by atoms with E-state index in [0.717, 1.165) is 22.3 Å². The molecule has 136 valence electrons. The van der Waals surface area contributed by atoms with E-state index in [1.165, 1.54) is 0 Å². The van der Waals surface area contributed by atoms with Crippen LogP contribution in [0.4, 0.5) is 5.95 Å². The summed E-state index contributed by atoms with van der Waals surface area (Å²) in [6, 6.07) is 12.8. The molecule has 0 saturated heterocycles. The molecule has 3 aromatic heterocycles. The average Bonchev–Trinajstić information content (AvgIpc) is 3.07. The van der Waals surface area contributed by atoms with E-state index in [0.29, 0.717) is 16.5 Å². The van der Waals surface area contributed by atoms with Crippen LogP contribution < -0.4 is 10.9 Å². The highest BCUT2D eigenvalue weighted by molar-refractivity contribution is 6.31. The second-order valence-electron chi connectivity index (χ2n) is 6.42. The summed E-state index contributed by atoms with van der Waals surface area (Å²) in [4.78, 5) is 24.2. The molecule has 7 heteroatoms. The summed E-state index contributed by atoms with van der Waals surface area (Å²) in [6.07, 6.45) is 3.67. The molecule has 2 N–H and O–H groups in total. The van der Waals surface area contributed by atoms with Crippen molar-refractivity contribution in [3.63, 3.8) is 0 Å². The van der Waals surface area contributed by atoms with Crippen LogP contribution in [0.15, 0.2) is 59.7 Å². The summed E-state index contributed by atoms with van der Waals surface area (Å²) >= 11 is 6.07. The van der Waals surface area contributed by atoms with Gasteiger partial charge in [0, 0.05) is 40.9 Å². The maximum Gasteiger partial charge on any atom is 0.253 e. The first-order valence-corrected chi connectivity index (χ1v) is 8.93. The quantitative estimate of drug-likeness (QED) is 0.558.